The SMILES string of the molecule is CNc1cc(Nc2cccc(CN3CC4(C3)CN(c3ncc(C#Cc5ccc6c(c5)n(C)c(=O)n6C5CCC(=O)NC5=O)cn3)C4)c2)nn2c(C(=O)NC3CC3)cnc12. The zero-order valence-corrected chi connectivity index (χ0v) is 32.5. The maximum absolute atomic E-state index is 13.1. The zero-order chi connectivity index (χ0) is 40.4. The first-order chi connectivity index (χ1) is 28.6. The third-order valence-electron chi connectivity index (χ3n) is 11.5. The molecular formula is C42H41N13O4. The summed E-state index contributed by atoms with van der Waals surface area (Å²) in [6, 6.07) is 15.1. The van der Waals surface area contributed by atoms with Gasteiger partial charge in [-0.2, -0.15) is 0 Å². The smallest absolute Gasteiger partial charge is 0.329 e. The fraction of sp³-hybridized carbons (Fsp3) is 0.333. The maximum atomic E-state index is 13.1. The fourth-order valence-corrected chi connectivity index (χ4v) is 8.49. The first kappa shape index (κ1) is 36.3. The van der Waals surface area contributed by atoms with Crippen LogP contribution in [0.2, 0.25) is 0 Å². The lowest BCUT2D eigenvalue weighted by Crippen LogP contribution is -2.72. The predicted octanol–water partition coefficient (Wildman–Crippen LogP) is 2.55. The normalized spacial score (nSPS) is 18.5. The second-order valence-corrected chi connectivity index (χ2v) is 16.1. The van der Waals surface area contributed by atoms with Crippen molar-refractivity contribution in [1.82, 2.24) is 49.2 Å². The van der Waals surface area contributed by atoms with Gasteiger partial charge >= 0.3 is 5.69 Å². The maximum Gasteiger partial charge on any atom is 0.329 e. The number of aromatic nitrogens is 7. The van der Waals surface area contributed by atoms with E-state index in [2.05, 4.69) is 70.0 Å². The standard InChI is InChI=1S/C42H41N13O4/c1-43-30-16-35(50-55-34(19-44-37(30)55)39(58)48-28-9-10-28)47-29-5-3-4-26(14-29)20-52-21-42(22-52)23-53(24-42)40-45-17-27(18-46-40)7-6-25-8-11-31-33(15-25)51(2)41(59)54(31)32-12-13-36(56)49-38(32)57/h3-5,8,11,14-19,28,32,43H,9-10,12-13,20-24H2,1-2H3,(H,47,50)(H,48,58)(H,49,56,57). The van der Waals surface area contributed by atoms with E-state index >= 15 is 0 Å². The molecule has 10 rings (SSSR count). The number of rotatable bonds is 9. The lowest BCUT2D eigenvalue weighted by molar-refractivity contribution is -0.135. The summed E-state index contributed by atoms with van der Waals surface area (Å²) in [6.45, 7) is 4.60. The zero-order valence-electron chi connectivity index (χ0n) is 32.5. The van der Waals surface area contributed by atoms with E-state index in [1.807, 2.05) is 37.4 Å². The van der Waals surface area contributed by atoms with E-state index in [1.165, 1.54) is 14.7 Å². The van der Waals surface area contributed by atoms with Crippen LogP contribution in [0.1, 0.15) is 58.9 Å². The molecule has 3 aliphatic heterocycles. The van der Waals surface area contributed by atoms with Crippen molar-refractivity contribution in [3.63, 3.8) is 0 Å². The van der Waals surface area contributed by atoms with E-state index in [1.54, 1.807) is 36.2 Å². The molecule has 17 heteroatoms. The Morgan fingerprint density at radius 2 is 1.71 bits per heavy atom. The van der Waals surface area contributed by atoms with Gasteiger partial charge in [-0.3, -0.25) is 33.7 Å². The lowest BCUT2D eigenvalue weighted by Gasteiger charge is -2.60. The van der Waals surface area contributed by atoms with E-state index < -0.39 is 11.9 Å². The summed E-state index contributed by atoms with van der Waals surface area (Å²) in [4.78, 5) is 68.4. The van der Waals surface area contributed by atoms with Gasteiger partial charge in [0.1, 0.15) is 6.04 Å². The van der Waals surface area contributed by atoms with Crippen molar-refractivity contribution < 1.29 is 14.4 Å². The van der Waals surface area contributed by atoms with Gasteiger partial charge in [0, 0.05) is 94.4 Å². The van der Waals surface area contributed by atoms with Crippen molar-refractivity contribution in [2.75, 3.05) is 48.8 Å². The largest absolute Gasteiger partial charge is 0.385 e. The summed E-state index contributed by atoms with van der Waals surface area (Å²) in [6.07, 6.45) is 7.50. The number of hydrogen-bond donors (Lipinski definition) is 4. The molecule has 4 aromatic heterocycles. The van der Waals surface area contributed by atoms with Crippen LogP contribution in [0.4, 0.5) is 23.1 Å². The van der Waals surface area contributed by atoms with Gasteiger partial charge < -0.3 is 20.9 Å². The summed E-state index contributed by atoms with van der Waals surface area (Å²) < 4.78 is 4.55. The van der Waals surface area contributed by atoms with Crippen LogP contribution in [0.3, 0.4) is 0 Å². The van der Waals surface area contributed by atoms with Gasteiger partial charge in [0.25, 0.3) is 5.91 Å². The molecule has 1 spiro atoms. The van der Waals surface area contributed by atoms with E-state index in [0.717, 1.165) is 56.9 Å². The van der Waals surface area contributed by atoms with Crippen molar-refractivity contribution in [1.29, 1.82) is 0 Å². The highest BCUT2D eigenvalue weighted by Gasteiger charge is 2.52. The molecule has 0 bridgehead atoms. The number of carbonyl (C=O) groups is 3. The molecule has 6 aromatic rings. The number of amides is 3. The van der Waals surface area contributed by atoms with Crippen molar-refractivity contribution in [2.24, 2.45) is 12.5 Å². The Morgan fingerprint density at radius 1 is 0.915 bits per heavy atom. The monoisotopic (exact) mass is 791 g/mol. The summed E-state index contributed by atoms with van der Waals surface area (Å²) in [5, 5.41) is 16.7. The molecule has 4 N–H and O–H groups in total. The Morgan fingerprint density at radius 3 is 2.47 bits per heavy atom. The number of benzene rings is 2. The molecule has 59 heavy (non-hydrogen) atoms. The Labute approximate surface area is 337 Å². The van der Waals surface area contributed by atoms with Crippen LogP contribution in [0.25, 0.3) is 16.7 Å². The molecule has 4 aliphatic rings. The highest BCUT2D eigenvalue weighted by Crippen LogP contribution is 2.41. The number of fused-ring (bicyclic) bond motifs is 2. The minimum Gasteiger partial charge on any atom is -0.385 e. The van der Waals surface area contributed by atoms with Gasteiger partial charge in [-0.15, -0.1) is 5.10 Å². The minimum atomic E-state index is -0.737. The molecule has 1 unspecified atom stereocenters. The molecule has 3 saturated heterocycles. The Kier molecular flexibility index (Phi) is 8.67. The molecule has 2 aromatic carbocycles. The molecule has 17 nitrogen and oxygen atoms in total. The number of piperidine rings is 1. The van der Waals surface area contributed by atoms with Crippen LogP contribution < -0.4 is 31.9 Å². The lowest BCUT2D eigenvalue weighted by atomic mass is 9.73. The average molecular weight is 792 g/mol. The van der Waals surface area contributed by atoms with Crippen LogP contribution in [0.15, 0.2) is 71.9 Å². The van der Waals surface area contributed by atoms with Crippen molar-refractivity contribution in [3.05, 3.63) is 100.0 Å². The molecule has 1 saturated carbocycles. The molecule has 1 atom stereocenters. The molecule has 298 valence electrons. The van der Waals surface area contributed by atoms with Gasteiger partial charge in [0.15, 0.2) is 17.2 Å². The average Bonchev–Trinajstić information content (AvgIpc) is 3.86. The molecule has 0 radical (unpaired) electrons. The topological polar surface area (TPSA) is 189 Å². The first-order valence-corrected chi connectivity index (χ1v) is 19.7. The Hall–Kier alpha value is -7.06. The van der Waals surface area contributed by atoms with Crippen LogP contribution >= 0.6 is 0 Å². The minimum absolute atomic E-state index is 0.172. The molecule has 3 amide bonds. The second-order valence-electron chi connectivity index (χ2n) is 16.1. The van der Waals surface area contributed by atoms with E-state index in [4.69, 9.17) is 5.10 Å². The summed E-state index contributed by atoms with van der Waals surface area (Å²) in [7, 11) is 3.49. The van der Waals surface area contributed by atoms with Crippen LogP contribution in [-0.4, -0.2) is 95.6 Å². The number of aryl methyl sites for hydroxylation is 1. The third-order valence-corrected chi connectivity index (χ3v) is 11.5. The van der Waals surface area contributed by atoms with Crippen molar-refractivity contribution in [2.45, 2.75) is 44.3 Å². The van der Waals surface area contributed by atoms with Gasteiger partial charge in [-0.05, 0) is 55.2 Å². The van der Waals surface area contributed by atoms with Gasteiger partial charge in [0.2, 0.25) is 17.8 Å². The van der Waals surface area contributed by atoms with E-state index in [0.29, 0.717) is 45.3 Å². The quantitative estimate of drug-likeness (QED) is 0.124. The number of hydrogen-bond acceptors (Lipinski definition) is 12. The Balaban J connectivity index is 0.739. The Bertz CT molecular complexity index is 2810. The highest BCUT2D eigenvalue weighted by molar-refractivity contribution is 6.00. The summed E-state index contributed by atoms with van der Waals surface area (Å²) in [5.41, 5.74) is 6.41. The van der Waals surface area contributed by atoms with Crippen molar-refractivity contribution in [3.8, 4) is 11.8 Å². The number of likely N-dealkylation sites (tertiary alicyclic amines) is 1. The van der Waals surface area contributed by atoms with Crippen LogP contribution in [-0.2, 0) is 23.2 Å². The van der Waals surface area contributed by atoms with Crippen LogP contribution in [0, 0.1) is 17.3 Å². The first-order valence-electron chi connectivity index (χ1n) is 19.7. The number of anilines is 4. The van der Waals surface area contributed by atoms with E-state index in [-0.39, 0.29) is 41.8 Å². The molecular weight excluding hydrogens is 751 g/mol. The number of imide groups is 1. The fourth-order valence-electron chi connectivity index (χ4n) is 8.49. The summed E-state index contributed by atoms with van der Waals surface area (Å²) in [5.74, 6) is 6.60. The molecule has 1 aliphatic carbocycles. The number of imidazole rings is 2. The second kappa shape index (κ2) is 14.1. The molecule has 7 heterocycles. The summed E-state index contributed by atoms with van der Waals surface area (Å²) >= 11 is 0. The van der Waals surface area contributed by atoms with E-state index in [9.17, 15) is 19.2 Å². The number of carbonyl (C=O) groups excluding carboxylic acids is 3. The third kappa shape index (κ3) is 6.80. The molecule has 4 fully saturated rings. The predicted molar refractivity (Wildman–Crippen MR) is 219 cm³/mol. The highest BCUT2D eigenvalue weighted by atomic mass is 16.2. The van der Waals surface area contributed by atoms with Gasteiger partial charge in [-0.1, -0.05) is 24.0 Å². The number of nitrogens with one attached hydrogen (secondary N) is 4. The number of nitrogens with zero attached hydrogens (tertiary/aromatic N) is 9. The van der Waals surface area contributed by atoms with Crippen molar-refractivity contribution >= 4 is 57.5 Å². The van der Waals surface area contributed by atoms with Crippen LogP contribution in [0.5, 0.6) is 0 Å². The van der Waals surface area contributed by atoms with Gasteiger partial charge in [-0.25, -0.2) is 24.3 Å². The van der Waals surface area contributed by atoms with Gasteiger partial charge in [0.05, 0.1) is 28.5 Å².